The molecule has 0 radical (unpaired) electrons. The summed E-state index contributed by atoms with van der Waals surface area (Å²) in [5, 5.41) is 12.0. The van der Waals surface area contributed by atoms with Crippen LogP contribution in [-0.4, -0.2) is 54.2 Å². The number of hydrogen-bond acceptors (Lipinski definition) is 5. The predicted molar refractivity (Wildman–Crippen MR) is 99.2 cm³/mol. The van der Waals surface area contributed by atoms with E-state index in [-0.39, 0.29) is 19.8 Å². The number of amides is 2. The van der Waals surface area contributed by atoms with Crippen LogP contribution in [0.1, 0.15) is 15.9 Å². The van der Waals surface area contributed by atoms with E-state index in [0.717, 1.165) is 10.5 Å². The van der Waals surface area contributed by atoms with Crippen molar-refractivity contribution in [2.45, 2.75) is 12.5 Å². The van der Waals surface area contributed by atoms with Crippen LogP contribution >= 0.6 is 0 Å². The standard InChI is InChI=1S/C20H20N2O6/c1-22(15(20(25)26)9-13-5-3-2-4-6-13)18(23)11-21-19(24)14-7-8-16-17(10-14)28-12-27-16/h2-8,10,15H,9,11-12H2,1H3,(H,21,24)(H,25,26). The lowest BCUT2D eigenvalue weighted by molar-refractivity contribution is -0.148. The zero-order valence-electron chi connectivity index (χ0n) is 15.3. The van der Waals surface area contributed by atoms with Crippen molar-refractivity contribution in [3.05, 3.63) is 59.7 Å². The quantitative estimate of drug-likeness (QED) is 0.746. The van der Waals surface area contributed by atoms with Gasteiger partial charge in [0.1, 0.15) is 6.04 Å². The number of benzene rings is 2. The Morgan fingerprint density at radius 2 is 1.82 bits per heavy atom. The largest absolute Gasteiger partial charge is 0.480 e. The van der Waals surface area contributed by atoms with Crippen LogP contribution in [-0.2, 0) is 16.0 Å². The van der Waals surface area contributed by atoms with E-state index in [0.29, 0.717) is 17.1 Å². The third-order valence-corrected chi connectivity index (χ3v) is 4.45. The van der Waals surface area contributed by atoms with Crippen LogP contribution in [0.5, 0.6) is 11.5 Å². The molecule has 0 bridgehead atoms. The second kappa shape index (κ2) is 8.43. The molecule has 8 heteroatoms. The van der Waals surface area contributed by atoms with Gasteiger partial charge in [-0.3, -0.25) is 9.59 Å². The maximum atomic E-state index is 12.4. The fourth-order valence-corrected chi connectivity index (χ4v) is 2.82. The fraction of sp³-hybridized carbons (Fsp3) is 0.250. The number of likely N-dealkylation sites (N-methyl/N-ethyl adjacent to an activating group) is 1. The maximum Gasteiger partial charge on any atom is 0.326 e. The van der Waals surface area contributed by atoms with Crippen molar-refractivity contribution in [2.24, 2.45) is 0 Å². The molecular weight excluding hydrogens is 364 g/mol. The molecule has 3 rings (SSSR count). The van der Waals surface area contributed by atoms with E-state index in [9.17, 15) is 19.5 Å². The minimum absolute atomic E-state index is 0.0989. The third kappa shape index (κ3) is 4.40. The summed E-state index contributed by atoms with van der Waals surface area (Å²) >= 11 is 0. The van der Waals surface area contributed by atoms with E-state index in [4.69, 9.17) is 9.47 Å². The first-order chi connectivity index (χ1) is 13.5. The van der Waals surface area contributed by atoms with Gasteiger partial charge in [-0.05, 0) is 23.8 Å². The summed E-state index contributed by atoms with van der Waals surface area (Å²) < 4.78 is 10.4. The topological polar surface area (TPSA) is 105 Å². The van der Waals surface area contributed by atoms with Crippen molar-refractivity contribution < 1.29 is 29.0 Å². The van der Waals surface area contributed by atoms with E-state index in [1.165, 1.54) is 13.1 Å². The van der Waals surface area contributed by atoms with Gasteiger partial charge in [0.25, 0.3) is 5.91 Å². The van der Waals surface area contributed by atoms with Crippen LogP contribution < -0.4 is 14.8 Å². The molecule has 1 aliphatic heterocycles. The molecule has 28 heavy (non-hydrogen) atoms. The summed E-state index contributed by atoms with van der Waals surface area (Å²) in [4.78, 5) is 37.4. The predicted octanol–water partition coefficient (Wildman–Crippen LogP) is 1.30. The van der Waals surface area contributed by atoms with Crippen LogP contribution in [0.4, 0.5) is 0 Å². The van der Waals surface area contributed by atoms with Gasteiger partial charge < -0.3 is 24.8 Å². The number of nitrogens with one attached hydrogen (secondary N) is 1. The summed E-state index contributed by atoms with van der Waals surface area (Å²) in [6, 6.07) is 12.7. The molecule has 1 aliphatic rings. The van der Waals surface area contributed by atoms with Crippen LogP contribution in [0, 0.1) is 0 Å². The minimum Gasteiger partial charge on any atom is -0.480 e. The lowest BCUT2D eigenvalue weighted by Crippen LogP contribution is -2.47. The molecule has 2 amide bonds. The van der Waals surface area contributed by atoms with Crippen molar-refractivity contribution in [3.8, 4) is 11.5 Å². The summed E-state index contributed by atoms with van der Waals surface area (Å²) in [6.45, 7) is -0.218. The molecule has 0 spiro atoms. The Labute approximate surface area is 161 Å². The van der Waals surface area contributed by atoms with E-state index >= 15 is 0 Å². The van der Waals surface area contributed by atoms with E-state index in [2.05, 4.69) is 5.32 Å². The molecule has 2 aromatic carbocycles. The third-order valence-electron chi connectivity index (χ3n) is 4.45. The second-order valence-electron chi connectivity index (χ2n) is 6.30. The van der Waals surface area contributed by atoms with E-state index in [1.807, 2.05) is 18.2 Å². The Morgan fingerprint density at radius 3 is 2.54 bits per heavy atom. The van der Waals surface area contributed by atoms with Crippen LogP contribution in [0.25, 0.3) is 0 Å². The molecule has 0 aliphatic carbocycles. The van der Waals surface area contributed by atoms with Gasteiger partial charge in [0.05, 0.1) is 6.54 Å². The first-order valence-electron chi connectivity index (χ1n) is 8.66. The molecule has 2 N–H and O–H groups in total. The zero-order valence-corrected chi connectivity index (χ0v) is 15.3. The Bertz CT molecular complexity index is 884. The van der Waals surface area contributed by atoms with Gasteiger partial charge in [-0.2, -0.15) is 0 Å². The van der Waals surface area contributed by atoms with Crippen molar-refractivity contribution >= 4 is 17.8 Å². The number of rotatable bonds is 7. The highest BCUT2D eigenvalue weighted by atomic mass is 16.7. The number of carbonyl (C=O) groups is 3. The number of carboxylic acids is 1. The van der Waals surface area contributed by atoms with E-state index in [1.54, 1.807) is 24.3 Å². The van der Waals surface area contributed by atoms with Gasteiger partial charge in [0.15, 0.2) is 11.5 Å². The first kappa shape index (κ1) is 19.2. The van der Waals surface area contributed by atoms with Gasteiger partial charge >= 0.3 is 5.97 Å². The average Bonchev–Trinajstić information content (AvgIpc) is 3.17. The lowest BCUT2D eigenvalue weighted by atomic mass is 10.0. The Balaban J connectivity index is 1.59. The smallest absolute Gasteiger partial charge is 0.326 e. The van der Waals surface area contributed by atoms with Crippen molar-refractivity contribution in [2.75, 3.05) is 20.4 Å². The molecule has 8 nitrogen and oxygen atoms in total. The van der Waals surface area contributed by atoms with Crippen molar-refractivity contribution in [1.29, 1.82) is 0 Å². The number of ether oxygens (including phenoxy) is 2. The fourth-order valence-electron chi connectivity index (χ4n) is 2.82. The molecular formula is C20H20N2O6. The molecule has 0 saturated carbocycles. The maximum absolute atomic E-state index is 12.4. The van der Waals surface area contributed by atoms with Crippen LogP contribution in [0.15, 0.2) is 48.5 Å². The molecule has 2 aromatic rings. The molecule has 146 valence electrons. The second-order valence-corrected chi connectivity index (χ2v) is 6.30. The number of carbonyl (C=O) groups excluding carboxylic acids is 2. The monoisotopic (exact) mass is 384 g/mol. The highest BCUT2D eigenvalue weighted by Gasteiger charge is 2.27. The summed E-state index contributed by atoms with van der Waals surface area (Å²) in [6.07, 6.45) is 0.175. The number of carboxylic acid groups (broad SMARTS) is 1. The van der Waals surface area contributed by atoms with Crippen molar-refractivity contribution in [1.82, 2.24) is 10.2 Å². The summed E-state index contributed by atoms with van der Waals surface area (Å²) in [7, 11) is 1.41. The number of nitrogens with zero attached hydrogens (tertiary/aromatic N) is 1. The molecule has 1 heterocycles. The Kier molecular flexibility index (Phi) is 5.78. The normalized spacial score (nSPS) is 12.9. The highest BCUT2D eigenvalue weighted by Crippen LogP contribution is 2.32. The molecule has 1 unspecified atom stereocenters. The first-order valence-corrected chi connectivity index (χ1v) is 8.66. The molecule has 0 saturated heterocycles. The minimum atomic E-state index is -1.11. The highest BCUT2D eigenvalue weighted by molar-refractivity contribution is 5.97. The van der Waals surface area contributed by atoms with Gasteiger partial charge in [-0.25, -0.2) is 4.79 Å². The number of hydrogen-bond donors (Lipinski definition) is 2. The number of aliphatic carboxylic acids is 1. The Morgan fingerprint density at radius 1 is 1.11 bits per heavy atom. The van der Waals surface area contributed by atoms with Crippen LogP contribution in [0.2, 0.25) is 0 Å². The SMILES string of the molecule is CN(C(=O)CNC(=O)c1ccc2c(c1)OCO2)C(Cc1ccccc1)C(=O)O. The molecule has 0 fully saturated rings. The summed E-state index contributed by atoms with van der Waals surface area (Å²) in [5.74, 6) is -1.06. The van der Waals surface area contributed by atoms with Gasteiger partial charge in [0, 0.05) is 19.0 Å². The van der Waals surface area contributed by atoms with Gasteiger partial charge in [-0.15, -0.1) is 0 Å². The zero-order chi connectivity index (χ0) is 20.1. The van der Waals surface area contributed by atoms with Crippen LogP contribution in [0.3, 0.4) is 0 Å². The lowest BCUT2D eigenvalue weighted by Gasteiger charge is -2.25. The van der Waals surface area contributed by atoms with Gasteiger partial charge in [0.2, 0.25) is 12.7 Å². The van der Waals surface area contributed by atoms with E-state index < -0.39 is 23.8 Å². The molecule has 1 atom stereocenters. The average molecular weight is 384 g/mol. The number of fused-ring (bicyclic) bond motifs is 1. The Hall–Kier alpha value is -3.55. The molecule has 0 aromatic heterocycles. The summed E-state index contributed by atoms with van der Waals surface area (Å²) in [5.41, 5.74) is 1.12. The van der Waals surface area contributed by atoms with Gasteiger partial charge in [-0.1, -0.05) is 30.3 Å². The van der Waals surface area contributed by atoms with Crippen molar-refractivity contribution in [3.63, 3.8) is 0 Å².